The molecule has 1 aromatic rings. The van der Waals surface area contributed by atoms with E-state index in [9.17, 15) is 14.7 Å². The second-order valence-electron chi connectivity index (χ2n) is 3.92. The molecule has 0 saturated carbocycles. The van der Waals surface area contributed by atoms with Crippen molar-refractivity contribution in [3.8, 4) is 5.75 Å². The van der Waals surface area contributed by atoms with Crippen LogP contribution in [0.4, 0.5) is 0 Å². The summed E-state index contributed by atoms with van der Waals surface area (Å²) >= 11 is 0. The Morgan fingerprint density at radius 3 is 2.72 bits per heavy atom. The summed E-state index contributed by atoms with van der Waals surface area (Å²) in [5.41, 5.74) is 0.748. The lowest BCUT2D eigenvalue weighted by atomic mass is 10.1. The first-order chi connectivity index (χ1) is 8.47. The first-order valence-corrected chi connectivity index (χ1v) is 5.73. The Morgan fingerprint density at radius 2 is 2.11 bits per heavy atom. The number of carbonyl (C=O) groups is 2. The molecule has 5 heteroatoms. The smallest absolute Gasteiger partial charge is 0.328 e. The fourth-order valence-electron chi connectivity index (χ4n) is 1.44. The molecule has 1 rings (SSSR count). The van der Waals surface area contributed by atoms with Gasteiger partial charge in [-0.3, -0.25) is 4.79 Å². The molecular formula is C13H17NO4. The maximum atomic E-state index is 11.9. The van der Waals surface area contributed by atoms with Gasteiger partial charge in [-0.25, -0.2) is 4.79 Å². The number of aromatic hydroxyl groups is 1. The van der Waals surface area contributed by atoms with Crippen molar-refractivity contribution in [3.63, 3.8) is 0 Å². The van der Waals surface area contributed by atoms with Crippen LogP contribution in [0.25, 0.3) is 0 Å². The molecule has 1 unspecified atom stereocenters. The number of nitrogens with one attached hydrogen (secondary N) is 1. The minimum absolute atomic E-state index is 0.0777. The SMILES string of the molecule is CCOC(=O)C(C)NC(=O)c1cccc(C)c1O. The maximum Gasteiger partial charge on any atom is 0.328 e. The molecule has 0 heterocycles. The zero-order chi connectivity index (χ0) is 13.7. The second kappa shape index (κ2) is 6.05. The summed E-state index contributed by atoms with van der Waals surface area (Å²) in [6.07, 6.45) is 0. The van der Waals surface area contributed by atoms with Crippen molar-refractivity contribution in [2.24, 2.45) is 0 Å². The molecule has 1 amide bonds. The minimum Gasteiger partial charge on any atom is -0.507 e. The summed E-state index contributed by atoms with van der Waals surface area (Å²) in [6, 6.07) is 4.10. The highest BCUT2D eigenvalue weighted by atomic mass is 16.5. The van der Waals surface area contributed by atoms with Crippen LogP contribution in [0.3, 0.4) is 0 Å². The Labute approximate surface area is 106 Å². The Kier molecular flexibility index (Phi) is 4.71. The van der Waals surface area contributed by atoms with Crippen LogP contribution < -0.4 is 5.32 Å². The summed E-state index contributed by atoms with van der Waals surface area (Å²) in [4.78, 5) is 23.2. The van der Waals surface area contributed by atoms with Gasteiger partial charge in [-0.1, -0.05) is 12.1 Å². The zero-order valence-corrected chi connectivity index (χ0v) is 10.7. The number of phenolic OH excluding ortho intramolecular Hbond substituents is 1. The van der Waals surface area contributed by atoms with Crippen LogP contribution in [0.2, 0.25) is 0 Å². The van der Waals surface area contributed by atoms with E-state index in [1.165, 1.54) is 13.0 Å². The molecular weight excluding hydrogens is 234 g/mol. The molecule has 0 radical (unpaired) electrons. The van der Waals surface area contributed by atoms with Gasteiger partial charge in [-0.15, -0.1) is 0 Å². The number of para-hydroxylation sites is 1. The van der Waals surface area contributed by atoms with Crippen LogP contribution in [0.15, 0.2) is 18.2 Å². The third-order valence-electron chi connectivity index (χ3n) is 2.47. The Morgan fingerprint density at radius 1 is 1.44 bits per heavy atom. The van der Waals surface area contributed by atoms with E-state index in [4.69, 9.17) is 4.74 Å². The number of aryl methyl sites for hydroxylation is 1. The summed E-state index contributed by atoms with van der Waals surface area (Å²) in [7, 11) is 0. The molecule has 1 aromatic carbocycles. The van der Waals surface area contributed by atoms with E-state index < -0.39 is 17.9 Å². The van der Waals surface area contributed by atoms with E-state index in [1.807, 2.05) is 0 Å². The van der Waals surface area contributed by atoms with Gasteiger partial charge in [0.1, 0.15) is 11.8 Å². The molecule has 0 aliphatic rings. The summed E-state index contributed by atoms with van der Waals surface area (Å²) in [6.45, 7) is 5.18. The molecule has 0 aliphatic heterocycles. The Hall–Kier alpha value is -2.04. The highest BCUT2D eigenvalue weighted by Crippen LogP contribution is 2.21. The normalized spacial score (nSPS) is 11.7. The van der Waals surface area contributed by atoms with Gasteiger partial charge in [0.25, 0.3) is 5.91 Å². The zero-order valence-electron chi connectivity index (χ0n) is 10.7. The van der Waals surface area contributed by atoms with Crippen molar-refractivity contribution in [1.82, 2.24) is 5.32 Å². The van der Waals surface area contributed by atoms with Crippen molar-refractivity contribution in [3.05, 3.63) is 29.3 Å². The minimum atomic E-state index is -0.752. The van der Waals surface area contributed by atoms with Crippen LogP contribution in [0, 0.1) is 6.92 Å². The van der Waals surface area contributed by atoms with Gasteiger partial charge >= 0.3 is 5.97 Å². The summed E-state index contributed by atoms with van der Waals surface area (Å²) in [5, 5.41) is 12.2. The lowest BCUT2D eigenvalue weighted by Gasteiger charge is -2.13. The largest absolute Gasteiger partial charge is 0.507 e. The third kappa shape index (κ3) is 3.23. The number of benzene rings is 1. The summed E-state index contributed by atoms with van der Waals surface area (Å²) < 4.78 is 4.78. The van der Waals surface area contributed by atoms with Crippen molar-refractivity contribution in [2.75, 3.05) is 6.61 Å². The molecule has 0 spiro atoms. The summed E-state index contributed by atoms with van der Waals surface area (Å²) in [5.74, 6) is -1.08. The monoisotopic (exact) mass is 251 g/mol. The number of amides is 1. The van der Waals surface area contributed by atoms with Crippen LogP contribution >= 0.6 is 0 Å². The van der Waals surface area contributed by atoms with Crippen molar-refractivity contribution in [2.45, 2.75) is 26.8 Å². The topological polar surface area (TPSA) is 75.6 Å². The first-order valence-electron chi connectivity index (χ1n) is 5.73. The molecule has 0 aromatic heterocycles. The molecule has 0 aliphatic carbocycles. The van der Waals surface area contributed by atoms with E-state index in [-0.39, 0.29) is 17.9 Å². The van der Waals surface area contributed by atoms with Crippen LogP contribution in [-0.2, 0) is 9.53 Å². The predicted molar refractivity (Wildman–Crippen MR) is 66.4 cm³/mol. The fraction of sp³-hybridized carbons (Fsp3) is 0.385. The van der Waals surface area contributed by atoms with Gasteiger partial charge in [0.05, 0.1) is 12.2 Å². The quantitative estimate of drug-likeness (QED) is 0.793. The average molecular weight is 251 g/mol. The number of esters is 1. The molecule has 0 saturated heterocycles. The van der Waals surface area contributed by atoms with Gasteiger partial charge in [0.2, 0.25) is 0 Å². The van der Waals surface area contributed by atoms with Crippen molar-refractivity contribution in [1.29, 1.82) is 0 Å². The van der Waals surface area contributed by atoms with E-state index in [0.717, 1.165) is 0 Å². The van der Waals surface area contributed by atoms with Crippen LogP contribution in [-0.4, -0.2) is 29.6 Å². The molecule has 5 nitrogen and oxygen atoms in total. The number of ether oxygens (including phenoxy) is 1. The molecule has 0 bridgehead atoms. The van der Waals surface area contributed by atoms with Gasteiger partial charge in [-0.2, -0.15) is 0 Å². The molecule has 98 valence electrons. The number of rotatable bonds is 4. The molecule has 0 fully saturated rings. The second-order valence-corrected chi connectivity index (χ2v) is 3.92. The van der Waals surface area contributed by atoms with Crippen molar-refractivity contribution >= 4 is 11.9 Å². The van der Waals surface area contributed by atoms with E-state index in [2.05, 4.69) is 5.32 Å². The van der Waals surface area contributed by atoms with E-state index >= 15 is 0 Å². The lowest BCUT2D eigenvalue weighted by molar-refractivity contribution is -0.144. The number of hydrogen-bond acceptors (Lipinski definition) is 4. The van der Waals surface area contributed by atoms with Gasteiger partial charge < -0.3 is 15.2 Å². The average Bonchev–Trinajstić information content (AvgIpc) is 2.32. The first kappa shape index (κ1) is 14.0. The molecule has 18 heavy (non-hydrogen) atoms. The van der Waals surface area contributed by atoms with Gasteiger partial charge in [0, 0.05) is 0 Å². The van der Waals surface area contributed by atoms with Gasteiger partial charge in [-0.05, 0) is 32.4 Å². The number of carbonyl (C=O) groups excluding carboxylic acids is 2. The fourth-order valence-corrected chi connectivity index (χ4v) is 1.44. The van der Waals surface area contributed by atoms with Crippen molar-refractivity contribution < 1.29 is 19.4 Å². The van der Waals surface area contributed by atoms with Gasteiger partial charge in [0.15, 0.2) is 0 Å². The number of hydrogen-bond donors (Lipinski definition) is 2. The highest BCUT2D eigenvalue weighted by molar-refractivity contribution is 5.99. The Bertz CT molecular complexity index is 456. The third-order valence-corrected chi connectivity index (χ3v) is 2.47. The Balaban J connectivity index is 2.77. The standard InChI is InChI=1S/C13H17NO4/c1-4-18-13(17)9(3)14-12(16)10-7-5-6-8(2)11(10)15/h5-7,9,15H,4H2,1-3H3,(H,14,16). The molecule has 1 atom stereocenters. The predicted octanol–water partition coefficient (Wildman–Crippen LogP) is 1.38. The lowest BCUT2D eigenvalue weighted by Crippen LogP contribution is -2.39. The van der Waals surface area contributed by atoms with Crippen LogP contribution in [0.5, 0.6) is 5.75 Å². The van der Waals surface area contributed by atoms with E-state index in [1.54, 1.807) is 26.0 Å². The van der Waals surface area contributed by atoms with Crippen LogP contribution in [0.1, 0.15) is 29.8 Å². The maximum absolute atomic E-state index is 11.9. The number of phenols is 1. The molecule has 2 N–H and O–H groups in total. The van der Waals surface area contributed by atoms with E-state index in [0.29, 0.717) is 5.56 Å². The highest BCUT2D eigenvalue weighted by Gasteiger charge is 2.19.